The lowest BCUT2D eigenvalue weighted by Gasteiger charge is -2.39. The number of ether oxygens (including phenoxy) is 1. The van der Waals surface area contributed by atoms with E-state index >= 15 is 0 Å². The number of pyridine rings is 1. The number of aromatic nitrogens is 1. The minimum Gasteiger partial charge on any atom is -0.481 e. The molecule has 0 radical (unpaired) electrons. The van der Waals surface area contributed by atoms with Crippen LogP contribution < -0.4 is 4.74 Å². The van der Waals surface area contributed by atoms with Crippen molar-refractivity contribution in [2.24, 2.45) is 0 Å². The molecule has 216 valence electrons. The zero-order valence-electron chi connectivity index (χ0n) is 23.8. The maximum atomic E-state index is 14.0. The maximum absolute atomic E-state index is 14.0. The van der Waals surface area contributed by atoms with Crippen LogP contribution in [0.15, 0.2) is 109 Å². The molecular weight excluding hydrogens is 537 g/mol. The largest absolute Gasteiger partial charge is 0.481 e. The molecule has 0 amide bonds. The second-order valence-electron chi connectivity index (χ2n) is 10.7. The normalized spacial score (nSPS) is 14.1. The molecule has 1 heterocycles. The van der Waals surface area contributed by atoms with E-state index in [1.54, 1.807) is 12.3 Å². The third-order valence-corrected chi connectivity index (χ3v) is 7.71. The summed E-state index contributed by atoms with van der Waals surface area (Å²) in [6.45, 7) is 0.475. The molecule has 0 spiro atoms. The number of rotatable bonds is 9. The van der Waals surface area contributed by atoms with Crippen LogP contribution in [0, 0.1) is 0 Å². The van der Waals surface area contributed by atoms with Crippen molar-refractivity contribution >= 4 is 10.8 Å². The quantitative estimate of drug-likeness (QED) is 0.196. The summed E-state index contributed by atoms with van der Waals surface area (Å²) in [5, 5.41) is 14.8. The number of fused-ring (bicyclic) bond motifs is 1. The predicted molar refractivity (Wildman–Crippen MR) is 161 cm³/mol. The fourth-order valence-corrected chi connectivity index (χ4v) is 5.67. The molecule has 2 atom stereocenters. The summed E-state index contributed by atoms with van der Waals surface area (Å²) >= 11 is 0. The highest BCUT2D eigenvalue weighted by atomic mass is 19.4. The van der Waals surface area contributed by atoms with Crippen LogP contribution in [-0.4, -0.2) is 42.7 Å². The number of benzene rings is 4. The Kier molecular flexibility index (Phi) is 8.34. The second-order valence-corrected chi connectivity index (χ2v) is 10.7. The van der Waals surface area contributed by atoms with Crippen LogP contribution >= 0.6 is 0 Å². The Morgan fingerprint density at radius 3 is 2.24 bits per heavy atom. The molecule has 1 aromatic heterocycles. The number of hydrogen-bond donors (Lipinski definition) is 1. The van der Waals surface area contributed by atoms with Crippen molar-refractivity contribution in [2.45, 2.75) is 24.1 Å². The summed E-state index contributed by atoms with van der Waals surface area (Å²) in [6, 6.07) is 30.1. The predicted octanol–water partition coefficient (Wildman–Crippen LogP) is 7.90. The van der Waals surface area contributed by atoms with Crippen molar-refractivity contribution in [3.05, 3.63) is 132 Å². The van der Waals surface area contributed by atoms with Crippen LogP contribution in [0.4, 0.5) is 13.2 Å². The molecular formula is C35H33F3N2O2. The summed E-state index contributed by atoms with van der Waals surface area (Å²) in [4.78, 5) is 6.54. The minimum absolute atomic E-state index is 0.230. The van der Waals surface area contributed by atoms with Gasteiger partial charge in [-0.1, -0.05) is 91.0 Å². The average molecular weight is 571 g/mol. The Labute approximate surface area is 244 Å². The van der Waals surface area contributed by atoms with E-state index in [0.717, 1.165) is 34.0 Å². The number of nitrogens with zero attached hydrogens (tertiary/aromatic N) is 2. The van der Waals surface area contributed by atoms with Gasteiger partial charge in [-0.15, -0.1) is 0 Å². The smallest absolute Gasteiger partial charge is 0.416 e. The first-order valence-corrected chi connectivity index (χ1v) is 13.7. The van der Waals surface area contributed by atoms with Gasteiger partial charge in [0.25, 0.3) is 0 Å². The van der Waals surface area contributed by atoms with E-state index in [-0.39, 0.29) is 12.3 Å². The van der Waals surface area contributed by atoms with E-state index in [2.05, 4.69) is 4.98 Å². The van der Waals surface area contributed by atoms with Crippen LogP contribution in [0.1, 0.15) is 34.6 Å². The summed E-state index contributed by atoms with van der Waals surface area (Å²) in [5.74, 6) is -0.725. The molecule has 42 heavy (non-hydrogen) atoms. The van der Waals surface area contributed by atoms with Gasteiger partial charge in [-0.2, -0.15) is 13.2 Å². The van der Waals surface area contributed by atoms with Gasteiger partial charge >= 0.3 is 6.18 Å². The number of hydrogen-bond acceptors (Lipinski definition) is 4. The highest BCUT2D eigenvalue weighted by molar-refractivity contribution is 5.86. The summed E-state index contributed by atoms with van der Waals surface area (Å²) in [7, 11) is 5.29. The number of methoxy groups -OCH3 is 1. The van der Waals surface area contributed by atoms with Gasteiger partial charge in [-0.25, -0.2) is 4.98 Å². The number of halogens is 3. The van der Waals surface area contributed by atoms with Crippen LogP contribution in [-0.2, 0) is 11.8 Å². The van der Waals surface area contributed by atoms with Crippen LogP contribution in [0.25, 0.3) is 21.9 Å². The van der Waals surface area contributed by atoms with Crippen molar-refractivity contribution in [3.8, 4) is 17.0 Å². The molecule has 0 saturated heterocycles. The first-order valence-electron chi connectivity index (χ1n) is 13.7. The Balaban J connectivity index is 1.85. The highest BCUT2D eigenvalue weighted by Crippen LogP contribution is 2.49. The molecule has 7 heteroatoms. The van der Waals surface area contributed by atoms with Gasteiger partial charge in [0.1, 0.15) is 5.60 Å². The van der Waals surface area contributed by atoms with Crippen molar-refractivity contribution in [3.63, 3.8) is 0 Å². The molecule has 5 rings (SSSR count). The summed E-state index contributed by atoms with van der Waals surface area (Å²) in [6.07, 6.45) is -2.65. The summed E-state index contributed by atoms with van der Waals surface area (Å²) < 4.78 is 47.8. The van der Waals surface area contributed by atoms with Gasteiger partial charge in [0, 0.05) is 29.8 Å². The van der Waals surface area contributed by atoms with E-state index < -0.39 is 23.3 Å². The lowest BCUT2D eigenvalue weighted by atomic mass is 9.70. The maximum Gasteiger partial charge on any atom is 0.416 e. The third kappa shape index (κ3) is 5.89. The molecule has 0 aliphatic heterocycles. The molecule has 5 aromatic rings. The Hall–Kier alpha value is -4.20. The Bertz CT molecular complexity index is 1670. The fraction of sp³-hybridized carbons (Fsp3) is 0.229. The first kappa shape index (κ1) is 29.3. The second kappa shape index (κ2) is 12.0. The van der Waals surface area contributed by atoms with Crippen molar-refractivity contribution < 1.29 is 23.0 Å². The average Bonchev–Trinajstić information content (AvgIpc) is 3.00. The SMILES string of the molecule is COc1ncc(-c2ccccc2)cc1C(c1cccc(C(F)(F)F)c1)C(O)(CCN(C)C)c1cccc2ccccc12. The molecule has 1 N–H and O–H groups in total. The molecule has 4 nitrogen and oxygen atoms in total. The van der Waals surface area contributed by atoms with E-state index in [4.69, 9.17) is 4.74 Å². The number of aliphatic hydroxyl groups is 1. The molecule has 0 aliphatic rings. The molecule has 0 aliphatic carbocycles. The van der Waals surface area contributed by atoms with Crippen molar-refractivity contribution in [1.82, 2.24) is 9.88 Å². The van der Waals surface area contributed by atoms with E-state index in [1.165, 1.54) is 13.2 Å². The molecule has 0 saturated carbocycles. The topological polar surface area (TPSA) is 45.6 Å². The van der Waals surface area contributed by atoms with Gasteiger partial charge in [-0.3, -0.25) is 0 Å². The minimum atomic E-state index is -4.56. The van der Waals surface area contributed by atoms with E-state index in [1.807, 2.05) is 97.9 Å². The van der Waals surface area contributed by atoms with Crippen LogP contribution in [0.2, 0.25) is 0 Å². The number of alkyl halides is 3. The lowest BCUT2D eigenvalue weighted by Crippen LogP contribution is -2.38. The van der Waals surface area contributed by atoms with Crippen molar-refractivity contribution in [2.75, 3.05) is 27.7 Å². The fourth-order valence-electron chi connectivity index (χ4n) is 5.67. The molecule has 0 bridgehead atoms. The van der Waals surface area contributed by atoms with Gasteiger partial charge in [0.05, 0.1) is 12.7 Å². The third-order valence-electron chi connectivity index (χ3n) is 7.71. The standard InChI is InChI=1S/C35H33F3N2O2/c1-40(2)20-19-34(41,31-18-10-14-25-13-7-8-17-29(25)31)32(26-15-9-16-28(21-26)35(36,37)38)30-22-27(23-39-33(30)42-3)24-11-5-4-6-12-24/h4-18,21-23,32,41H,19-20H2,1-3H3. The molecule has 2 unspecified atom stereocenters. The van der Waals surface area contributed by atoms with E-state index in [9.17, 15) is 18.3 Å². The van der Waals surface area contributed by atoms with Gasteiger partial charge in [0.2, 0.25) is 5.88 Å². The Morgan fingerprint density at radius 1 is 0.833 bits per heavy atom. The molecule has 0 fully saturated rings. The van der Waals surface area contributed by atoms with Gasteiger partial charge < -0.3 is 14.7 Å². The van der Waals surface area contributed by atoms with E-state index in [0.29, 0.717) is 23.2 Å². The lowest BCUT2D eigenvalue weighted by molar-refractivity contribution is -0.137. The molecule has 4 aromatic carbocycles. The van der Waals surface area contributed by atoms with Gasteiger partial charge in [-0.05, 0) is 60.1 Å². The monoisotopic (exact) mass is 570 g/mol. The first-order chi connectivity index (χ1) is 20.1. The summed E-state index contributed by atoms with van der Waals surface area (Å²) in [5.41, 5.74) is 0.632. The Morgan fingerprint density at radius 2 is 1.52 bits per heavy atom. The zero-order valence-corrected chi connectivity index (χ0v) is 23.8. The van der Waals surface area contributed by atoms with Crippen molar-refractivity contribution in [1.29, 1.82) is 0 Å². The van der Waals surface area contributed by atoms with Gasteiger partial charge in [0.15, 0.2) is 0 Å². The van der Waals surface area contributed by atoms with Crippen LogP contribution in [0.3, 0.4) is 0 Å². The zero-order chi connectivity index (χ0) is 29.9. The van der Waals surface area contributed by atoms with Crippen LogP contribution in [0.5, 0.6) is 5.88 Å². The highest BCUT2D eigenvalue weighted by Gasteiger charge is 2.44.